The Morgan fingerprint density at radius 1 is 1.35 bits per heavy atom. The van der Waals surface area contributed by atoms with Crippen molar-refractivity contribution in [2.24, 2.45) is 0 Å². The van der Waals surface area contributed by atoms with Crippen LogP contribution in [0.25, 0.3) is 0 Å². The number of amides is 1. The van der Waals surface area contributed by atoms with E-state index >= 15 is 0 Å². The molecule has 2 aliphatic rings. The van der Waals surface area contributed by atoms with Crippen molar-refractivity contribution in [3.8, 4) is 0 Å². The molecule has 2 aliphatic heterocycles. The van der Waals surface area contributed by atoms with Gasteiger partial charge in [-0.25, -0.2) is 0 Å². The summed E-state index contributed by atoms with van der Waals surface area (Å²) in [6.07, 6.45) is 1.57. The highest BCUT2D eigenvalue weighted by Gasteiger charge is 2.42. The van der Waals surface area contributed by atoms with Gasteiger partial charge in [-0.05, 0) is 45.5 Å². The van der Waals surface area contributed by atoms with Crippen LogP contribution in [0.5, 0.6) is 0 Å². The first-order chi connectivity index (χ1) is 11.1. The average Bonchev–Trinajstić information content (AvgIpc) is 2.54. The lowest BCUT2D eigenvalue weighted by Crippen LogP contribution is -2.61. The molecule has 2 N–H and O–H groups in total. The van der Waals surface area contributed by atoms with Gasteiger partial charge in [-0.2, -0.15) is 0 Å². The standard InChI is InChI=1S/C18H27N3O2/c1-14-3-5-15(6-4-14)11-20-17(22)16-12-21(2)13-18(23-16)7-9-19-10-8-18/h3-6,16,19H,7-13H2,1-2H3,(H,20,22)/t16-/m1/s1. The number of hydrogen-bond donors (Lipinski definition) is 2. The Morgan fingerprint density at radius 2 is 2.04 bits per heavy atom. The van der Waals surface area contributed by atoms with Crippen molar-refractivity contribution in [2.45, 2.75) is 38.0 Å². The predicted octanol–water partition coefficient (Wildman–Crippen LogP) is 1.06. The van der Waals surface area contributed by atoms with Crippen LogP contribution in [0, 0.1) is 6.92 Å². The van der Waals surface area contributed by atoms with Gasteiger partial charge in [0.1, 0.15) is 6.10 Å². The molecule has 5 heteroatoms. The summed E-state index contributed by atoms with van der Waals surface area (Å²) in [5.74, 6) is -0.00460. The van der Waals surface area contributed by atoms with Crippen molar-refractivity contribution in [1.82, 2.24) is 15.5 Å². The van der Waals surface area contributed by atoms with Gasteiger partial charge in [-0.15, -0.1) is 0 Å². The fourth-order valence-corrected chi connectivity index (χ4v) is 3.52. The molecule has 23 heavy (non-hydrogen) atoms. The molecule has 1 aromatic carbocycles. The molecule has 1 atom stereocenters. The Balaban J connectivity index is 1.58. The molecule has 3 rings (SSSR count). The molecule has 2 fully saturated rings. The molecule has 2 heterocycles. The fourth-order valence-electron chi connectivity index (χ4n) is 3.52. The van der Waals surface area contributed by atoms with Crippen molar-refractivity contribution in [3.05, 3.63) is 35.4 Å². The quantitative estimate of drug-likeness (QED) is 0.875. The lowest BCUT2D eigenvalue weighted by atomic mass is 9.89. The zero-order valence-electron chi connectivity index (χ0n) is 14.1. The first-order valence-electron chi connectivity index (χ1n) is 8.47. The highest BCUT2D eigenvalue weighted by Crippen LogP contribution is 2.29. The normalized spacial score (nSPS) is 24.5. The van der Waals surface area contributed by atoms with Crippen LogP contribution in [-0.2, 0) is 16.1 Å². The minimum absolute atomic E-state index is 0.00460. The number of aryl methyl sites for hydroxylation is 1. The average molecular weight is 317 g/mol. The highest BCUT2D eigenvalue weighted by molar-refractivity contribution is 5.81. The van der Waals surface area contributed by atoms with Crippen molar-refractivity contribution in [1.29, 1.82) is 0 Å². The van der Waals surface area contributed by atoms with Gasteiger partial charge < -0.3 is 20.3 Å². The number of nitrogens with one attached hydrogen (secondary N) is 2. The largest absolute Gasteiger partial charge is 0.359 e. The van der Waals surface area contributed by atoms with E-state index in [4.69, 9.17) is 4.74 Å². The number of rotatable bonds is 3. The Kier molecular flexibility index (Phi) is 4.99. The molecule has 126 valence electrons. The number of carbonyl (C=O) groups excluding carboxylic acids is 1. The molecule has 0 unspecified atom stereocenters. The molecule has 0 bridgehead atoms. The van der Waals surface area contributed by atoms with Crippen LogP contribution in [0.3, 0.4) is 0 Å². The van der Waals surface area contributed by atoms with E-state index in [1.165, 1.54) is 5.56 Å². The molecule has 0 radical (unpaired) electrons. The fraction of sp³-hybridized carbons (Fsp3) is 0.611. The molecular weight excluding hydrogens is 290 g/mol. The summed E-state index contributed by atoms with van der Waals surface area (Å²) in [7, 11) is 2.08. The number of ether oxygens (including phenoxy) is 1. The number of carbonyl (C=O) groups is 1. The Morgan fingerprint density at radius 3 is 2.74 bits per heavy atom. The van der Waals surface area contributed by atoms with E-state index in [0.717, 1.165) is 38.0 Å². The van der Waals surface area contributed by atoms with E-state index < -0.39 is 0 Å². The monoisotopic (exact) mass is 317 g/mol. The molecular formula is C18H27N3O2. The van der Waals surface area contributed by atoms with Crippen LogP contribution in [0.1, 0.15) is 24.0 Å². The van der Waals surface area contributed by atoms with E-state index in [2.05, 4.69) is 53.8 Å². The van der Waals surface area contributed by atoms with Crippen LogP contribution in [-0.4, -0.2) is 55.7 Å². The summed E-state index contributed by atoms with van der Waals surface area (Å²) in [6.45, 7) is 6.12. The Labute approximate surface area is 138 Å². The lowest BCUT2D eigenvalue weighted by Gasteiger charge is -2.46. The smallest absolute Gasteiger partial charge is 0.250 e. The zero-order chi connectivity index (χ0) is 16.3. The molecule has 1 aromatic rings. The molecule has 1 amide bonds. The minimum Gasteiger partial charge on any atom is -0.359 e. The third-order valence-corrected chi connectivity index (χ3v) is 4.82. The van der Waals surface area contributed by atoms with Gasteiger partial charge in [0.15, 0.2) is 0 Å². The van der Waals surface area contributed by atoms with Crippen molar-refractivity contribution in [3.63, 3.8) is 0 Å². The third-order valence-electron chi connectivity index (χ3n) is 4.82. The van der Waals surface area contributed by atoms with Gasteiger partial charge in [0.2, 0.25) is 0 Å². The number of morpholine rings is 1. The van der Waals surface area contributed by atoms with E-state index in [9.17, 15) is 4.79 Å². The molecule has 2 saturated heterocycles. The summed E-state index contributed by atoms with van der Waals surface area (Å²) in [5, 5.41) is 6.39. The molecule has 0 aromatic heterocycles. The van der Waals surface area contributed by atoms with Gasteiger partial charge in [0.05, 0.1) is 5.60 Å². The van der Waals surface area contributed by atoms with Gasteiger partial charge in [0, 0.05) is 19.6 Å². The van der Waals surface area contributed by atoms with Crippen LogP contribution in [0.15, 0.2) is 24.3 Å². The first kappa shape index (κ1) is 16.4. The Hall–Kier alpha value is -1.43. The van der Waals surface area contributed by atoms with Gasteiger partial charge in [-0.3, -0.25) is 4.79 Å². The number of likely N-dealkylation sites (N-methyl/N-ethyl adjacent to an activating group) is 1. The van der Waals surface area contributed by atoms with Crippen molar-refractivity contribution < 1.29 is 9.53 Å². The minimum atomic E-state index is -0.378. The maximum Gasteiger partial charge on any atom is 0.250 e. The van der Waals surface area contributed by atoms with E-state index in [0.29, 0.717) is 13.1 Å². The van der Waals surface area contributed by atoms with Crippen LogP contribution < -0.4 is 10.6 Å². The third kappa shape index (κ3) is 4.10. The van der Waals surface area contributed by atoms with Crippen LogP contribution >= 0.6 is 0 Å². The zero-order valence-corrected chi connectivity index (χ0v) is 14.1. The second kappa shape index (κ2) is 6.99. The van der Waals surface area contributed by atoms with E-state index in [1.807, 2.05) is 0 Å². The number of benzene rings is 1. The summed E-state index contributed by atoms with van der Waals surface area (Å²) in [6, 6.07) is 8.24. The van der Waals surface area contributed by atoms with Crippen molar-refractivity contribution >= 4 is 5.91 Å². The van der Waals surface area contributed by atoms with Gasteiger partial charge >= 0.3 is 0 Å². The predicted molar refractivity (Wildman–Crippen MR) is 90.2 cm³/mol. The molecule has 0 saturated carbocycles. The second-order valence-corrected chi connectivity index (χ2v) is 6.94. The summed E-state index contributed by atoms with van der Waals surface area (Å²) < 4.78 is 6.26. The number of nitrogens with zero attached hydrogens (tertiary/aromatic N) is 1. The summed E-state index contributed by atoms with van der Waals surface area (Å²) in [4.78, 5) is 14.8. The molecule has 5 nitrogen and oxygen atoms in total. The molecule has 0 aliphatic carbocycles. The number of piperidine rings is 1. The number of hydrogen-bond acceptors (Lipinski definition) is 4. The Bertz CT molecular complexity index is 538. The molecule has 1 spiro atoms. The van der Waals surface area contributed by atoms with Crippen molar-refractivity contribution in [2.75, 3.05) is 33.2 Å². The highest BCUT2D eigenvalue weighted by atomic mass is 16.5. The van der Waals surface area contributed by atoms with Gasteiger partial charge in [0.25, 0.3) is 5.91 Å². The second-order valence-electron chi connectivity index (χ2n) is 6.94. The topological polar surface area (TPSA) is 53.6 Å². The summed E-state index contributed by atoms with van der Waals surface area (Å²) in [5.41, 5.74) is 2.18. The summed E-state index contributed by atoms with van der Waals surface area (Å²) >= 11 is 0. The van der Waals surface area contributed by atoms with Crippen LogP contribution in [0.2, 0.25) is 0 Å². The lowest BCUT2D eigenvalue weighted by molar-refractivity contribution is -0.176. The maximum atomic E-state index is 12.5. The first-order valence-corrected chi connectivity index (χ1v) is 8.47. The van der Waals surface area contributed by atoms with Gasteiger partial charge in [-0.1, -0.05) is 29.8 Å². The van der Waals surface area contributed by atoms with E-state index in [1.54, 1.807) is 0 Å². The van der Waals surface area contributed by atoms with E-state index in [-0.39, 0.29) is 17.6 Å². The van der Waals surface area contributed by atoms with Crippen LogP contribution in [0.4, 0.5) is 0 Å². The SMILES string of the molecule is Cc1ccc(CNC(=O)[C@H]2CN(C)CC3(CCNCC3)O2)cc1. The maximum absolute atomic E-state index is 12.5.